The zero-order valence-electron chi connectivity index (χ0n) is 20.0. The van der Waals surface area contributed by atoms with Crippen molar-refractivity contribution in [1.82, 2.24) is 19.8 Å². The molecule has 0 spiro atoms. The summed E-state index contributed by atoms with van der Waals surface area (Å²) in [5, 5.41) is 0. The number of anilines is 2. The van der Waals surface area contributed by atoms with Gasteiger partial charge in [0.2, 0.25) is 5.91 Å². The Bertz CT molecular complexity index is 1010. The van der Waals surface area contributed by atoms with Gasteiger partial charge in [0.05, 0.1) is 12.5 Å². The Balaban J connectivity index is 1.26. The highest BCUT2D eigenvalue weighted by Crippen LogP contribution is 2.52. The molecule has 0 atom stereocenters. The Morgan fingerprint density at radius 2 is 1.48 bits per heavy atom. The van der Waals surface area contributed by atoms with Gasteiger partial charge in [-0.05, 0) is 32.9 Å². The van der Waals surface area contributed by atoms with E-state index in [9.17, 15) is 4.79 Å². The number of hydrogen-bond acceptors (Lipinski definition) is 7. The number of carbonyl (C=O) groups excluding carboxylic acids is 1. The van der Waals surface area contributed by atoms with Crippen LogP contribution in [0.15, 0.2) is 30.3 Å². The molecule has 0 bridgehead atoms. The summed E-state index contributed by atoms with van der Waals surface area (Å²) < 4.78 is 5.56. The average molecular weight is 451 g/mol. The van der Waals surface area contributed by atoms with Gasteiger partial charge in [-0.3, -0.25) is 4.79 Å². The van der Waals surface area contributed by atoms with E-state index in [0.29, 0.717) is 13.1 Å². The molecular formula is C25H34N6O2. The summed E-state index contributed by atoms with van der Waals surface area (Å²) in [6.07, 6.45) is 1.79. The first-order valence-electron chi connectivity index (χ1n) is 12.0. The van der Waals surface area contributed by atoms with Gasteiger partial charge in [0.15, 0.2) is 0 Å². The van der Waals surface area contributed by atoms with Crippen LogP contribution in [0.25, 0.3) is 0 Å². The fourth-order valence-electron chi connectivity index (χ4n) is 5.10. The predicted molar refractivity (Wildman–Crippen MR) is 129 cm³/mol. The summed E-state index contributed by atoms with van der Waals surface area (Å²) in [7, 11) is 3.84. The molecule has 176 valence electrons. The van der Waals surface area contributed by atoms with Crippen LogP contribution in [0.4, 0.5) is 11.6 Å². The summed E-state index contributed by atoms with van der Waals surface area (Å²) >= 11 is 0. The molecule has 3 aliphatic rings. The van der Waals surface area contributed by atoms with E-state index in [0.717, 1.165) is 80.9 Å². The molecule has 0 N–H and O–H groups in total. The fourth-order valence-corrected chi connectivity index (χ4v) is 5.10. The van der Waals surface area contributed by atoms with Crippen molar-refractivity contribution >= 4 is 17.5 Å². The molecule has 3 heterocycles. The molecular weight excluding hydrogens is 416 g/mol. The molecule has 1 saturated carbocycles. The minimum absolute atomic E-state index is 0.239. The van der Waals surface area contributed by atoms with Crippen LogP contribution in [0, 0.1) is 6.92 Å². The molecule has 5 rings (SSSR count). The minimum atomic E-state index is -0.408. The quantitative estimate of drug-likeness (QED) is 0.690. The largest absolute Gasteiger partial charge is 0.496 e. The van der Waals surface area contributed by atoms with E-state index in [1.165, 1.54) is 0 Å². The minimum Gasteiger partial charge on any atom is -0.496 e. The smallest absolute Gasteiger partial charge is 0.233 e. The number of piperazine rings is 2. The van der Waals surface area contributed by atoms with Crippen LogP contribution in [0.2, 0.25) is 0 Å². The Labute approximate surface area is 196 Å². The van der Waals surface area contributed by atoms with E-state index >= 15 is 0 Å². The monoisotopic (exact) mass is 450 g/mol. The van der Waals surface area contributed by atoms with E-state index in [1.807, 2.05) is 36.1 Å². The first-order chi connectivity index (χ1) is 16.0. The molecule has 0 radical (unpaired) electrons. The number of likely N-dealkylation sites (N-methyl/N-ethyl adjacent to an activating group) is 1. The molecule has 2 saturated heterocycles. The number of methoxy groups -OCH3 is 1. The van der Waals surface area contributed by atoms with Crippen LogP contribution >= 0.6 is 0 Å². The van der Waals surface area contributed by atoms with E-state index < -0.39 is 5.41 Å². The highest BCUT2D eigenvalue weighted by Gasteiger charge is 2.54. The predicted octanol–water partition coefficient (Wildman–Crippen LogP) is 1.93. The molecule has 3 fully saturated rings. The number of aryl methyl sites for hydroxylation is 1. The number of amides is 1. The maximum Gasteiger partial charge on any atom is 0.233 e. The summed E-state index contributed by atoms with van der Waals surface area (Å²) in [4.78, 5) is 32.0. The summed E-state index contributed by atoms with van der Waals surface area (Å²) in [5.74, 6) is 3.83. The van der Waals surface area contributed by atoms with E-state index in [2.05, 4.69) is 27.8 Å². The maximum absolute atomic E-state index is 13.6. The molecule has 1 aromatic carbocycles. The molecule has 0 unspecified atom stereocenters. The van der Waals surface area contributed by atoms with E-state index in [4.69, 9.17) is 14.7 Å². The molecule has 1 amide bonds. The van der Waals surface area contributed by atoms with Crippen molar-refractivity contribution in [2.75, 3.05) is 76.3 Å². The van der Waals surface area contributed by atoms with Crippen molar-refractivity contribution in [3.05, 3.63) is 41.7 Å². The fraction of sp³-hybridized carbons (Fsp3) is 0.560. The second kappa shape index (κ2) is 8.82. The zero-order chi connectivity index (χ0) is 23.0. The Kier molecular flexibility index (Phi) is 5.86. The average Bonchev–Trinajstić information content (AvgIpc) is 3.66. The topological polar surface area (TPSA) is 65.0 Å². The van der Waals surface area contributed by atoms with Crippen LogP contribution in [0.3, 0.4) is 0 Å². The van der Waals surface area contributed by atoms with Crippen molar-refractivity contribution in [1.29, 1.82) is 0 Å². The lowest BCUT2D eigenvalue weighted by Gasteiger charge is -2.38. The van der Waals surface area contributed by atoms with Crippen LogP contribution in [0.5, 0.6) is 5.75 Å². The first kappa shape index (κ1) is 21.9. The van der Waals surface area contributed by atoms with Crippen LogP contribution in [-0.2, 0) is 10.2 Å². The molecule has 1 aromatic heterocycles. The van der Waals surface area contributed by atoms with Gasteiger partial charge in [-0.2, -0.15) is 0 Å². The van der Waals surface area contributed by atoms with Gasteiger partial charge in [0.1, 0.15) is 23.2 Å². The highest BCUT2D eigenvalue weighted by atomic mass is 16.5. The third-order valence-corrected chi connectivity index (χ3v) is 7.31. The zero-order valence-corrected chi connectivity index (χ0v) is 20.0. The van der Waals surface area contributed by atoms with E-state index in [1.54, 1.807) is 7.11 Å². The first-order valence-corrected chi connectivity index (χ1v) is 12.0. The standard InChI is InChI=1S/C25H34N6O2/c1-19-26-22(29-12-10-28(2)11-13-29)18-23(27-19)30-14-16-31(17-15-30)24(32)25(8-9-25)20-6-4-5-7-21(20)33-3/h4-7,18H,8-17H2,1-3H3. The highest BCUT2D eigenvalue weighted by molar-refractivity contribution is 5.92. The van der Waals surface area contributed by atoms with Crippen LogP contribution in [0.1, 0.15) is 24.2 Å². The van der Waals surface area contributed by atoms with Crippen LogP contribution < -0.4 is 14.5 Å². The Morgan fingerprint density at radius 1 is 0.909 bits per heavy atom. The number of para-hydroxylation sites is 1. The SMILES string of the molecule is COc1ccccc1C1(C(=O)N2CCN(c3cc(N4CCN(C)CC4)nc(C)n3)CC2)CC1. The van der Waals surface area contributed by atoms with Crippen molar-refractivity contribution in [2.45, 2.75) is 25.2 Å². The number of carbonyl (C=O) groups is 1. The number of hydrogen-bond donors (Lipinski definition) is 0. The summed E-state index contributed by atoms with van der Waals surface area (Å²) in [5.41, 5.74) is 0.623. The molecule has 2 aliphatic heterocycles. The number of ether oxygens (including phenoxy) is 1. The molecule has 2 aromatic rings. The normalized spacial score (nSPS) is 20.6. The molecule has 1 aliphatic carbocycles. The van der Waals surface area contributed by atoms with Gasteiger partial charge >= 0.3 is 0 Å². The van der Waals surface area contributed by atoms with Crippen molar-refractivity contribution in [2.24, 2.45) is 0 Å². The third kappa shape index (κ3) is 4.24. The lowest BCUT2D eigenvalue weighted by molar-refractivity contribution is -0.134. The van der Waals surface area contributed by atoms with Gasteiger partial charge in [0.25, 0.3) is 0 Å². The Morgan fingerprint density at radius 3 is 2.06 bits per heavy atom. The number of rotatable bonds is 5. The molecule has 8 nitrogen and oxygen atoms in total. The second-order valence-electron chi connectivity index (χ2n) is 9.48. The number of aromatic nitrogens is 2. The van der Waals surface area contributed by atoms with Crippen molar-refractivity contribution in [3.8, 4) is 5.75 Å². The summed E-state index contributed by atoms with van der Waals surface area (Å²) in [6.45, 7) is 9.02. The number of nitrogens with zero attached hydrogens (tertiary/aromatic N) is 6. The van der Waals surface area contributed by atoms with Gasteiger partial charge < -0.3 is 24.3 Å². The molecule has 8 heteroatoms. The van der Waals surface area contributed by atoms with E-state index in [-0.39, 0.29) is 5.91 Å². The molecule has 33 heavy (non-hydrogen) atoms. The van der Waals surface area contributed by atoms with Gasteiger partial charge in [-0.25, -0.2) is 9.97 Å². The lowest BCUT2D eigenvalue weighted by Crippen LogP contribution is -2.52. The van der Waals surface area contributed by atoms with Gasteiger partial charge in [-0.1, -0.05) is 18.2 Å². The number of benzene rings is 1. The van der Waals surface area contributed by atoms with Crippen molar-refractivity contribution in [3.63, 3.8) is 0 Å². The maximum atomic E-state index is 13.6. The third-order valence-electron chi connectivity index (χ3n) is 7.31. The Hall–Kier alpha value is -2.87. The lowest BCUT2D eigenvalue weighted by atomic mass is 9.93. The van der Waals surface area contributed by atoms with Crippen LogP contribution in [-0.4, -0.2) is 92.2 Å². The van der Waals surface area contributed by atoms with Crippen molar-refractivity contribution < 1.29 is 9.53 Å². The van der Waals surface area contributed by atoms with Gasteiger partial charge in [0, 0.05) is 64.0 Å². The second-order valence-corrected chi connectivity index (χ2v) is 9.48. The summed E-state index contributed by atoms with van der Waals surface area (Å²) in [6, 6.07) is 10.1. The van der Waals surface area contributed by atoms with Gasteiger partial charge in [-0.15, -0.1) is 0 Å².